The highest BCUT2D eigenvalue weighted by Crippen LogP contribution is 2.25. The van der Waals surface area contributed by atoms with Crippen molar-refractivity contribution in [1.29, 1.82) is 0 Å². The van der Waals surface area contributed by atoms with E-state index in [1.807, 2.05) is 0 Å². The number of benzene rings is 1. The molecule has 0 aromatic heterocycles. The van der Waals surface area contributed by atoms with Gasteiger partial charge in [-0.3, -0.25) is 14.4 Å². The summed E-state index contributed by atoms with van der Waals surface area (Å²) in [6.07, 6.45) is -5.05. The quantitative estimate of drug-likeness (QED) is 0.797. The van der Waals surface area contributed by atoms with Crippen molar-refractivity contribution in [2.75, 3.05) is 13.6 Å². The van der Waals surface area contributed by atoms with Crippen molar-refractivity contribution in [2.45, 2.75) is 45.6 Å². The van der Waals surface area contributed by atoms with Crippen molar-refractivity contribution in [2.24, 2.45) is 11.8 Å². The van der Waals surface area contributed by atoms with E-state index in [1.165, 1.54) is 19.2 Å². The molecule has 0 aliphatic carbocycles. The zero-order chi connectivity index (χ0) is 25.6. The third kappa shape index (κ3) is 4.49. The van der Waals surface area contributed by atoms with Gasteiger partial charge in [-0.05, 0) is 23.4 Å². The molecule has 4 atom stereocenters. The van der Waals surface area contributed by atoms with E-state index in [9.17, 15) is 19.5 Å². The van der Waals surface area contributed by atoms with Gasteiger partial charge in [0.1, 0.15) is 12.1 Å². The Hall–Kier alpha value is -2.21. The van der Waals surface area contributed by atoms with Crippen LogP contribution in [0.4, 0.5) is 0 Å². The molecule has 1 aliphatic heterocycles. The smallest absolute Gasteiger partial charge is 0.249 e. The second-order valence-electron chi connectivity index (χ2n) is 6.37. The minimum absolute atomic E-state index is 0.203. The lowest BCUT2D eigenvalue weighted by Gasteiger charge is -2.24. The summed E-state index contributed by atoms with van der Waals surface area (Å²) >= 11 is 0. The molecule has 6 heteroatoms. The normalized spacial score (nSPS) is 29.4. The van der Waals surface area contributed by atoms with Crippen LogP contribution in [-0.4, -0.2) is 47.3 Å². The number of ketones is 1. The molecule has 1 aromatic carbocycles. The highest BCUT2D eigenvalue weighted by atomic mass is 16.3. The van der Waals surface area contributed by atoms with Crippen molar-refractivity contribution < 1.29 is 29.1 Å². The average Bonchev–Trinajstić information content (AvgIpc) is 2.75. The molecule has 0 bridgehead atoms. The fraction of sp³-hybridized carbons (Fsp3) is 0.550. The Morgan fingerprint density at radius 1 is 1.46 bits per heavy atom. The summed E-state index contributed by atoms with van der Waals surface area (Å²) in [5, 5.41) is 12.5. The maximum absolute atomic E-state index is 12.9. The number of rotatable bonds is 6. The summed E-state index contributed by atoms with van der Waals surface area (Å²) in [5.41, 5.74) is 0.419. The van der Waals surface area contributed by atoms with Crippen LogP contribution in [0.5, 0.6) is 0 Å². The number of aliphatic hydroxyl groups is 1. The first-order chi connectivity index (χ1) is 14.8. The predicted octanol–water partition coefficient (Wildman–Crippen LogP) is 1.47. The van der Waals surface area contributed by atoms with Gasteiger partial charge < -0.3 is 15.3 Å². The van der Waals surface area contributed by atoms with Gasteiger partial charge in [0.15, 0.2) is 5.78 Å². The van der Waals surface area contributed by atoms with E-state index in [2.05, 4.69) is 5.32 Å². The molecule has 1 heterocycles. The van der Waals surface area contributed by atoms with Gasteiger partial charge in [-0.15, -0.1) is 0 Å². The van der Waals surface area contributed by atoms with Crippen LogP contribution in [0.3, 0.4) is 0 Å². The van der Waals surface area contributed by atoms with Crippen molar-refractivity contribution in [3.05, 3.63) is 35.4 Å². The molecule has 2 N–H and O–H groups in total. The minimum atomic E-state index is -2.98. The molecular formula is C20H28N2O4. The summed E-state index contributed by atoms with van der Waals surface area (Å²) in [6, 6.07) is 4.86. The van der Waals surface area contributed by atoms with Crippen LogP contribution in [-0.2, 0) is 20.8 Å². The maximum Gasteiger partial charge on any atom is 0.249 e. The Morgan fingerprint density at radius 3 is 2.85 bits per heavy atom. The summed E-state index contributed by atoms with van der Waals surface area (Å²) in [4.78, 5) is 39.4. The van der Waals surface area contributed by atoms with Crippen LogP contribution in [0.2, 0.25) is 0 Å². The van der Waals surface area contributed by atoms with Gasteiger partial charge in [-0.1, -0.05) is 45.0 Å². The van der Waals surface area contributed by atoms with Gasteiger partial charge in [0, 0.05) is 35.5 Å². The van der Waals surface area contributed by atoms with Crippen LogP contribution in [0.15, 0.2) is 24.3 Å². The number of hydrogen-bond donors (Lipinski definition) is 2. The zero-order valence-electron chi connectivity index (χ0n) is 22.0. The number of nitrogens with zero attached hydrogens (tertiary/aromatic N) is 1. The Kier molecular flexibility index (Phi) is 3.97. The van der Waals surface area contributed by atoms with Gasteiger partial charge in [0.05, 0.1) is 0 Å². The van der Waals surface area contributed by atoms with Crippen LogP contribution in [0.25, 0.3) is 0 Å². The molecule has 142 valence electrons. The second kappa shape index (κ2) is 8.45. The molecule has 6 nitrogen and oxygen atoms in total. The predicted molar refractivity (Wildman–Crippen MR) is 98.3 cm³/mol. The van der Waals surface area contributed by atoms with Gasteiger partial charge in [0.25, 0.3) is 0 Å². The van der Waals surface area contributed by atoms with Gasteiger partial charge in [0.2, 0.25) is 11.8 Å². The Bertz CT molecular complexity index is 947. The molecule has 2 rings (SSSR count). The summed E-state index contributed by atoms with van der Waals surface area (Å²) in [5.74, 6) is -7.58. The molecule has 0 saturated heterocycles. The fourth-order valence-electron chi connectivity index (χ4n) is 2.62. The van der Waals surface area contributed by atoms with E-state index in [-0.39, 0.29) is 17.7 Å². The largest absolute Gasteiger partial charge is 0.385 e. The van der Waals surface area contributed by atoms with E-state index in [4.69, 9.17) is 9.60 Å². The summed E-state index contributed by atoms with van der Waals surface area (Å²) in [7, 11) is 1.38. The lowest BCUT2D eigenvalue weighted by atomic mass is 9.94. The highest BCUT2D eigenvalue weighted by Gasteiger charge is 2.32. The topological polar surface area (TPSA) is 86.7 Å². The second-order valence-corrected chi connectivity index (χ2v) is 6.37. The van der Waals surface area contributed by atoms with Crippen molar-refractivity contribution in [3.8, 4) is 0 Å². The van der Waals surface area contributed by atoms with Crippen LogP contribution in [0, 0.1) is 11.8 Å². The molecule has 0 radical (unpaired) electrons. The Morgan fingerprint density at radius 2 is 2.15 bits per heavy atom. The number of likely N-dealkylation sites (N-methyl/N-ethyl adjacent to an activating group) is 1. The fourth-order valence-corrected chi connectivity index (χ4v) is 2.62. The molecule has 0 fully saturated rings. The summed E-state index contributed by atoms with van der Waals surface area (Å²) in [6.45, 7) is -1.30. The monoisotopic (exact) mass is 367 g/mol. The van der Waals surface area contributed by atoms with Gasteiger partial charge in [-0.2, -0.15) is 0 Å². The molecule has 0 spiro atoms. The number of fused-ring (bicyclic) bond motifs is 1. The Labute approximate surface area is 164 Å². The van der Waals surface area contributed by atoms with Crippen molar-refractivity contribution in [3.63, 3.8) is 0 Å². The molecule has 1 aliphatic rings. The number of amides is 2. The van der Waals surface area contributed by atoms with Crippen LogP contribution in [0.1, 0.15) is 53.9 Å². The SMILES string of the molecule is [2H]C1([2H])CN(C)C(=O)[C@@H](NC(=O)[C@]([2H])(C)CC(=O)[C@@H](O)C([2H])(C)C([2H])([2H])[2H])c2ccccc21. The zero-order valence-corrected chi connectivity index (χ0v) is 15.0. The van der Waals surface area contributed by atoms with E-state index < -0.39 is 61.2 Å². The van der Waals surface area contributed by atoms with E-state index in [1.54, 1.807) is 12.1 Å². The molecular weight excluding hydrogens is 332 g/mol. The van der Waals surface area contributed by atoms with Crippen molar-refractivity contribution >= 4 is 17.6 Å². The number of nitrogens with one attached hydrogen (secondary N) is 1. The molecule has 0 saturated carbocycles. The molecule has 26 heavy (non-hydrogen) atoms. The molecule has 1 unspecified atom stereocenters. The maximum atomic E-state index is 12.9. The average molecular weight is 367 g/mol. The third-order valence-corrected chi connectivity index (χ3v) is 4.22. The number of hydrogen-bond acceptors (Lipinski definition) is 4. The van der Waals surface area contributed by atoms with Gasteiger partial charge >= 0.3 is 0 Å². The molecule has 2 amide bonds. The van der Waals surface area contributed by atoms with Crippen molar-refractivity contribution in [1.82, 2.24) is 10.2 Å². The van der Waals surface area contributed by atoms with Gasteiger partial charge in [-0.25, -0.2) is 0 Å². The molecule has 1 aromatic rings. The number of carbonyl (C=O) groups excluding carboxylic acids is 3. The lowest BCUT2D eigenvalue weighted by molar-refractivity contribution is -0.137. The first-order valence-electron chi connectivity index (χ1n) is 11.7. The number of carbonyl (C=O) groups is 3. The highest BCUT2D eigenvalue weighted by molar-refractivity contribution is 5.92. The van der Waals surface area contributed by atoms with Crippen LogP contribution >= 0.6 is 0 Å². The number of Topliss-reactive ketones (excluding diaryl/α,β-unsaturated/α-hetero) is 1. The van der Waals surface area contributed by atoms with E-state index in [0.717, 1.165) is 18.7 Å². The Balaban J connectivity index is 2.30. The first-order valence-corrected chi connectivity index (χ1v) is 8.19. The first kappa shape index (κ1) is 12.2. The standard InChI is InChI=1S/C20H28N2O4/c1-12(2)18(24)16(23)11-13(3)19(25)21-17-15-8-6-5-7-14(15)9-10-22(4)20(17)26/h5-8,12-13,17-18,24H,9-11H2,1-4H3,(H,21,25)/t13-,17+,18+/m1/s1/i1D3,9D2,12D,13D/t12?,13-,17+,18+. The lowest BCUT2D eigenvalue weighted by Crippen LogP contribution is -2.43. The third-order valence-electron chi connectivity index (χ3n) is 4.22. The van der Waals surface area contributed by atoms with E-state index >= 15 is 0 Å². The minimum Gasteiger partial charge on any atom is -0.385 e. The number of aliphatic hydroxyl groups excluding tert-OH is 1. The summed E-state index contributed by atoms with van der Waals surface area (Å²) < 4.78 is 54.8. The van der Waals surface area contributed by atoms with Crippen LogP contribution < -0.4 is 5.32 Å². The van der Waals surface area contributed by atoms with E-state index in [0.29, 0.717) is 0 Å².